The summed E-state index contributed by atoms with van der Waals surface area (Å²) in [5.74, 6) is 0.787. The molecule has 0 unspecified atom stereocenters. The smallest absolute Gasteiger partial charge is 0.319 e. The van der Waals surface area contributed by atoms with Gasteiger partial charge in [0.25, 0.3) is 0 Å². The van der Waals surface area contributed by atoms with Crippen molar-refractivity contribution in [2.75, 3.05) is 5.32 Å². The monoisotopic (exact) mass is 334 g/mol. The molecule has 25 heavy (non-hydrogen) atoms. The number of benzene rings is 1. The highest BCUT2D eigenvalue weighted by molar-refractivity contribution is 5.89. The van der Waals surface area contributed by atoms with E-state index in [1.165, 1.54) is 0 Å². The van der Waals surface area contributed by atoms with E-state index in [1.54, 1.807) is 24.3 Å². The number of hydrogen-bond acceptors (Lipinski definition) is 4. The second-order valence-electron chi connectivity index (χ2n) is 6.00. The van der Waals surface area contributed by atoms with Gasteiger partial charge in [-0.15, -0.1) is 10.2 Å². The van der Waals surface area contributed by atoms with Gasteiger partial charge in [0.05, 0.1) is 17.7 Å². The Labute approximate surface area is 145 Å². The second kappa shape index (κ2) is 7.01. The molecule has 2 heterocycles. The molecule has 0 saturated carbocycles. The summed E-state index contributed by atoms with van der Waals surface area (Å²) < 4.78 is 1.86. The molecule has 0 bridgehead atoms. The van der Waals surface area contributed by atoms with E-state index in [-0.39, 0.29) is 18.0 Å². The Kier molecular flexibility index (Phi) is 4.61. The maximum Gasteiger partial charge on any atom is 0.319 e. The van der Waals surface area contributed by atoms with Gasteiger partial charge in [-0.25, -0.2) is 4.79 Å². The van der Waals surface area contributed by atoms with E-state index in [1.807, 2.05) is 48.7 Å². The lowest BCUT2D eigenvalue weighted by atomic mass is 10.0. The highest BCUT2D eigenvalue weighted by Crippen LogP contribution is 2.21. The molecule has 1 aromatic carbocycles. The Hall–Kier alpha value is -3.40. The van der Waals surface area contributed by atoms with E-state index in [4.69, 9.17) is 5.26 Å². The number of anilines is 1. The summed E-state index contributed by atoms with van der Waals surface area (Å²) in [7, 11) is 0. The fourth-order valence-corrected chi connectivity index (χ4v) is 2.58. The number of nitriles is 1. The molecule has 2 aromatic heterocycles. The third-order valence-corrected chi connectivity index (χ3v) is 3.82. The number of aromatic nitrogens is 3. The van der Waals surface area contributed by atoms with Crippen LogP contribution in [0, 0.1) is 17.2 Å². The van der Waals surface area contributed by atoms with Gasteiger partial charge in [-0.3, -0.25) is 4.40 Å². The van der Waals surface area contributed by atoms with E-state index in [2.05, 4.69) is 20.8 Å². The summed E-state index contributed by atoms with van der Waals surface area (Å²) in [4.78, 5) is 12.4. The maximum atomic E-state index is 12.4. The lowest BCUT2D eigenvalue weighted by Gasteiger charge is -2.21. The molecule has 126 valence electrons. The van der Waals surface area contributed by atoms with Crippen LogP contribution in [0.25, 0.3) is 5.65 Å². The number of hydrogen-bond donors (Lipinski definition) is 2. The van der Waals surface area contributed by atoms with Gasteiger partial charge in [-0.1, -0.05) is 26.0 Å². The number of carbonyl (C=O) groups excluding carboxylic acids is 1. The van der Waals surface area contributed by atoms with Gasteiger partial charge in [0.1, 0.15) is 0 Å². The molecule has 7 nitrogen and oxygen atoms in total. The number of amides is 2. The number of rotatable bonds is 4. The first-order valence-electron chi connectivity index (χ1n) is 7.96. The van der Waals surface area contributed by atoms with Crippen molar-refractivity contribution in [2.24, 2.45) is 5.92 Å². The molecule has 0 radical (unpaired) electrons. The zero-order chi connectivity index (χ0) is 17.8. The van der Waals surface area contributed by atoms with Crippen LogP contribution in [-0.2, 0) is 0 Å². The van der Waals surface area contributed by atoms with Gasteiger partial charge in [0.2, 0.25) is 0 Å². The van der Waals surface area contributed by atoms with Crippen molar-refractivity contribution < 1.29 is 4.79 Å². The van der Waals surface area contributed by atoms with Crippen molar-refractivity contribution in [3.05, 3.63) is 60.0 Å². The van der Waals surface area contributed by atoms with Crippen LogP contribution in [-0.4, -0.2) is 20.6 Å². The van der Waals surface area contributed by atoms with Crippen molar-refractivity contribution in [2.45, 2.75) is 19.9 Å². The van der Waals surface area contributed by atoms with Crippen molar-refractivity contribution >= 4 is 17.4 Å². The third kappa shape index (κ3) is 3.58. The summed E-state index contributed by atoms with van der Waals surface area (Å²) in [5, 5.41) is 23.0. The van der Waals surface area contributed by atoms with Crippen LogP contribution in [0.3, 0.4) is 0 Å². The molecule has 2 amide bonds. The van der Waals surface area contributed by atoms with E-state index in [0.717, 1.165) is 5.65 Å². The summed E-state index contributed by atoms with van der Waals surface area (Å²) in [6, 6.07) is 13.8. The Balaban J connectivity index is 1.80. The summed E-state index contributed by atoms with van der Waals surface area (Å²) in [5.41, 5.74) is 1.78. The molecule has 1 atom stereocenters. The average Bonchev–Trinajstić information content (AvgIpc) is 3.03. The summed E-state index contributed by atoms with van der Waals surface area (Å²) in [6.07, 6.45) is 1.87. The predicted molar refractivity (Wildman–Crippen MR) is 93.9 cm³/mol. The van der Waals surface area contributed by atoms with Crippen LogP contribution in [0.2, 0.25) is 0 Å². The van der Waals surface area contributed by atoms with Crippen molar-refractivity contribution in [1.29, 1.82) is 5.26 Å². The SMILES string of the molecule is CC(C)[C@H](NC(=O)Nc1cccc(C#N)c1)c1nnc2ccccn12. The van der Waals surface area contributed by atoms with E-state index < -0.39 is 0 Å². The molecule has 0 spiro atoms. The van der Waals surface area contributed by atoms with Crippen LogP contribution in [0.15, 0.2) is 48.7 Å². The van der Waals surface area contributed by atoms with Gasteiger partial charge >= 0.3 is 6.03 Å². The zero-order valence-corrected chi connectivity index (χ0v) is 14.0. The van der Waals surface area contributed by atoms with Crippen LogP contribution in [0.1, 0.15) is 31.3 Å². The largest absolute Gasteiger partial charge is 0.328 e. The minimum atomic E-state index is -0.360. The molecule has 2 N–H and O–H groups in total. The molecule has 0 aliphatic heterocycles. The highest BCUT2D eigenvalue weighted by Gasteiger charge is 2.23. The first-order valence-corrected chi connectivity index (χ1v) is 7.96. The number of urea groups is 1. The standard InChI is InChI=1S/C18H18N6O/c1-12(2)16(17-23-22-15-8-3-4-9-24(15)17)21-18(25)20-14-7-5-6-13(10-14)11-19/h3-10,12,16H,1-2H3,(H2,20,21,25)/t16-/m0/s1. The van der Waals surface area contributed by atoms with Gasteiger partial charge in [0, 0.05) is 11.9 Å². The average molecular weight is 334 g/mol. The topological polar surface area (TPSA) is 95.1 Å². The fourth-order valence-electron chi connectivity index (χ4n) is 2.58. The lowest BCUT2D eigenvalue weighted by molar-refractivity contribution is 0.243. The van der Waals surface area contributed by atoms with Crippen LogP contribution >= 0.6 is 0 Å². The van der Waals surface area contributed by atoms with Gasteiger partial charge in [-0.05, 0) is 36.2 Å². The fraction of sp³-hybridized carbons (Fsp3) is 0.222. The molecule has 0 fully saturated rings. The zero-order valence-electron chi connectivity index (χ0n) is 14.0. The Bertz CT molecular complexity index is 940. The lowest BCUT2D eigenvalue weighted by Crippen LogP contribution is -2.36. The number of pyridine rings is 1. The van der Waals surface area contributed by atoms with Gasteiger partial charge in [0.15, 0.2) is 11.5 Å². The molecule has 3 aromatic rings. The van der Waals surface area contributed by atoms with E-state index >= 15 is 0 Å². The molecule has 3 rings (SSSR count). The Morgan fingerprint density at radius 3 is 2.80 bits per heavy atom. The summed E-state index contributed by atoms with van der Waals surface area (Å²) >= 11 is 0. The molecular weight excluding hydrogens is 316 g/mol. The van der Waals surface area contributed by atoms with Crippen molar-refractivity contribution in [3.63, 3.8) is 0 Å². The minimum Gasteiger partial charge on any atom is -0.328 e. The first-order chi connectivity index (χ1) is 12.1. The van der Waals surface area contributed by atoms with Gasteiger partial charge in [-0.2, -0.15) is 5.26 Å². The number of nitrogens with zero attached hydrogens (tertiary/aromatic N) is 4. The minimum absolute atomic E-state index is 0.115. The van der Waals surface area contributed by atoms with Crippen LogP contribution in [0.4, 0.5) is 10.5 Å². The van der Waals surface area contributed by atoms with Crippen LogP contribution < -0.4 is 10.6 Å². The molecule has 7 heteroatoms. The molecule has 0 saturated heterocycles. The number of carbonyl (C=O) groups is 1. The first kappa shape index (κ1) is 16.5. The third-order valence-electron chi connectivity index (χ3n) is 3.82. The molecule has 0 aliphatic carbocycles. The van der Waals surface area contributed by atoms with Crippen molar-refractivity contribution in [1.82, 2.24) is 19.9 Å². The number of nitrogens with one attached hydrogen (secondary N) is 2. The normalized spacial score (nSPS) is 11.9. The second-order valence-corrected chi connectivity index (χ2v) is 6.00. The van der Waals surface area contributed by atoms with Crippen LogP contribution in [0.5, 0.6) is 0 Å². The highest BCUT2D eigenvalue weighted by atomic mass is 16.2. The Morgan fingerprint density at radius 1 is 1.20 bits per heavy atom. The Morgan fingerprint density at radius 2 is 2.04 bits per heavy atom. The number of fused-ring (bicyclic) bond motifs is 1. The quantitative estimate of drug-likeness (QED) is 0.766. The predicted octanol–water partition coefficient (Wildman–Crippen LogP) is 3.12. The maximum absolute atomic E-state index is 12.4. The molecule has 0 aliphatic rings. The van der Waals surface area contributed by atoms with Gasteiger partial charge < -0.3 is 10.6 Å². The molecular formula is C18H18N6O. The van der Waals surface area contributed by atoms with E-state index in [9.17, 15) is 4.79 Å². The summed E-state index contributed by atoms with van der Waals surface area (Å²) in [6.45, 7) is 4.01. The van der Waals surface area contributed by atoms with E-state index in [0.29, 0.717) is 17.1 Å². The van der Waals surface area contributed by atoms with Crippen molar-refractivity contribution in [3.8, 4) is 6.07 Å².